The van der Waals surface area contributed by atoms with Gasteiger partial charge in [-0.25, -0.2) is 26.6 Å². The summed E-state index contributed by atoms with van der Waals surface area (Å²) in [7, 11) is -2.43. The average molecular weight is 537 g/mol. The summed E-state index contributed by atoms with van der Waals surface area (Å²) in [6.07, 6.45) is 2.10. The van der Waals surface area contributed by atoms with Crippen molar-refractivity contribution in [3.8, 4) is 11.1 Å². The summed E-state index contributed by atoms with van der Waals surface area (Å²) in [5.41, 5.74) is 1.24. The molecule has 1 aromatic heterocycles. The van der Waals surface area contributed by atoms with Gasteiger partial charge in [0.25, 0.3) is 11.5 Å². The van der Waals surface area contributed by atoms with E-state index in [1.807, 2.05) is 0 Å². The quantitative estimate of drug-likeness (QED) is 0.475. The summed E-state index contributed by atoms with van der Waals surface area (Å²) in [6.45, 7) is 0.794. The lowest BCUT2D eigenvalue weighted by Crippen LogP contribution is -2.55. The van der Waals surface area contributed by atoms with Gasteiger partial charge in [0.15, 0.2) is 9.84 Å². The SMILES string of the molecule is CNC(=O)[C@@](C)(CCn1cnc2cc(-c3ccc(CN4CC(F)(F)C4)cc3F)ccc2c1=O)S(C)(=O)=O. The number of carbonyl (C=O) groups excluding carboxylic acids is 1. The van der Waals surface area contributed by atoms with Crippen LogP contribution in [0, 0.1) is 5.82 Å². The minimum atomic E-state index is -3.77. The zero-order chi connectivity index (χ0) is 27.2. The van der Waals surface area contributed by atoms with E-state index in [4.69, 9.17) is 0 Å². The second-order valence-electron chi connectivity index (χ2n) is 9.62. The average Bonchev–Trinajstić information content (AvgIpc) is 2.81. The van der Waals surface area contributed by atoms with Crippen LogP contribution < -0.4 is 10.9 Å². The van der Waals surface area contributed by atoms with Gasteiger partial charge in [0.05, 0.1) is 30.3 Å². The van der Waals surface area contributed by atoms with Crippen molar-refractivity contribution in [1.29, 1.82) is 0 Å². The summed E-state index contributed by atoms with van der Waals surface area (Å²) in [4.78, 5) is 31.1. The van der Waals surface area contributed by atoms with Gasteiger partial charge in [-0.15, -0.1) is 0 Å². The Hall–Kier alpha value is -3.25. The Balaban J connectivity index is 1.56. The Labute approximate surface area is 212 Å². The molecule has 37 heavy (non-hydrogen) atoms. The Kier molecular flexibility index (Phi) is 6.93. The van der Waals surface area contributed by atoms with Crippen LogP contribution >= 0.6 is 0 Å². The molecule has 0 unspecified atom stereocenters. The van der Waals surface area contributed by atoms with E-state index in [2.05, 4.69) is 10.3 Å². The van der Waals surface area contributed by atoms with Crippen molar-refractivity contribution in [1.82, 2.24) is 19.8 Å². The van der Waals surface area contributed by atoms with E-state index in [9.17, 15) is 31.2 Å². The van der Waals surface area contributed by atoms with Crippen LogP contribution in [-0.4, -0.2) is 65.8 Å². The van der Waals surface area contributed by atoms with E-state index in [0.29, 0.717) is 16.6 Å². The van der Waals surface area contributed by atoms with Crippen LogP contribution in [0.2, 0.25) is 0 Å². The molecule has 1 atom stereocenters. The summed E-state index contributed by atoms with van der Waals surface area (Å²) in [5.74, 6) is -3.88. The molecular formula is C25H27F3N4O4S. The lowest BCUT2D eigenvalue weighted by Gasteiger charge is -2.38. The second kappa shape index (κ2) is 9.56. The monoisotopic (exact) mass is 536 g/mol. The maximum absolute atomic E-state index is 14.9. The number of aryl methyl sites for hydroxylation is 1. The summed E-state index contributed by atoms with van der Waals surface area (Å²) in [5, 5.41) is 2.61. The smallest absolute Gasteiger partial charge is 0.272 e. The molecule has 2 aromatic carbocycles. The van der Waals surface area contributed by atoms with Crippen LogP contribution in [0.15, 0.2) is 47.5 Å². The highest BCUT2D eigenvalue weighted by Crippen LogP contribution is 2.30. The standard InChI is InChI=1S/C25H27F3N4O4S/c1-24(23(34)29-2,37(3,35)36)8-9-32-15-30-21-11-17(5-7-19(21)22(32)33)18-6-4-16(10-20(18)26)12-31-13-25(27,28)14-31/h4-7,10-11,15H,8-9,12-14H2,1-3H3,(H,29,34)/t24-/m1/s1. The maximum atomic E-state index is 14.9. The molecule has 12 heteroatoms. The van der Waals surface area contributed by atoms with Crippen molar-refractivity contribution in [2.24, 2.45) is 0 Å². The lowest BCUT2D eigenvalue weighted by atomic mass is 10.0. The number of benzene rings is 2. The number of rotatable bonds is 8. The molecule has 1 saturated heterocycles. The Morgan fingerprint density at radius 2 is 1.89 bits per heavy atom. The molecule has 0 radical (unpaired) electrons. The molecule has 198 valence electrons. The third-order valence-corrected chi connectivity index (χ3v) is 8.87. The molecule has 1 aliphatic rings. The van der Waals surface area contributed by atoms with Crippen molar-refractivity contribution in [3.63, 3.8) is 0 Å². The largest absolute Gasteiger partial charge is 0.358 e. The summed E-state index contributed by atoms with van der Waals surface area (Å²) < 4.78 is 65.0. The number of nitrogens with zero attached hydrogens (tertiary/aromatic N) is 3. The molecule has 1 aliphatic heterocycles. The second-order valence-corrected chi connectivity index (χ2v) is 12.1. The fourth-order valence-electron chi connectivity index (χ4n) is 4.42. The number of nitrogens with one attached hydrogen (secondary N) is 1. The van der Waals surface area contributed by atoms with Crippen LogP contribution in [0.25, 0.3) is 22.0 Å². The molecule has 1 fully saturated rings. The molecule has 1 amide bonds. The number of hydrogen-bond acceptors (Lipinski definition) is 6. The van der Waals surface area contributed by atoms with Crippen molar-refractivity contribution in [2.45, 2.75) is 37.1 Å². The van der Waals surface area contributed by atoms with Gasteiger partial charge in [-0.2, -0.15) is 0 Å². The molecule has 0 aliphatic carbocycles. The minimum Gasteiger partial charge on any atom is -0.358 e. The fraction of sp³-hybridized carbons (Fsp3) is 0.400. The first-order chi connectivity index (χ1) is 17.2. The van der Waals surface area contributed by atoms with Crippen LogP contribution in [0.4, 0.5) is 13.2 Å². The highest BCUT2D eigenvalue weighted by atomic mass is 32.2. The molecule has 3 aromatic rings. The zero-order valence-electron chi connectivity index (χ0n) is 20.6. The third-order valence-electron chi connectivity index (χ3n) is 6.84. The lowest BCUT2D eigenvalue weighted by molar-refractivity contribution is -0.133. The molecule has 8 nitrogen and oxygen atoms in total. The normalized spacial score (nSPS) is 17.2. The third kappa shape index (κ3) is 5.26. The van der Waals surface area contributed by atoms with E-state index < -0.39 is 37.8 Å². The van der Waals surface area contributed by atoms with Gasteiger partial charge in [0.2, 0.25) is 5.91 Å². The summed E-state index contributed by atoms with van der Waals surface area (Å²) in [6, 6.07) is 9.22. The molecule has 0 bridgehead atoms. The number of carbonyl (C=O) groups is 1. The Bertz CT molecular complexity index is 1530. The summed E-state index contributed by atoms with van der Waals surface area (Å²) >= 11 is 0. The maximum Gasteiger partial charge on any atom is 0.272 e. The Morgan fingerprint density at radius 1 is 1.19 bits per heavy atom. The molecule has 0 spiro atoms. The van der Waals surface area contributed by atoms with Crippen molar-refractivity contribution in [2.75, 3.05) is 26.4 Å². The van der Waals surface area contributed by atoms with Gasteiger partial charge in [-0.1, -0.05) is 18.2 Å². The van der Waals surface area contributed by atoms with Gasteiger partial charge in [-0.05, 0) is 42.7 Å². The van der Waals surface area contributed by atoms with Crippen LogP contribution in [0.1, 0.15) is 18.9 Å². The number of alkyl halides is 2. The highest BCUT2D eigenvalue weighted by molar-refractivity contribution is 7.92. The predicted octanol–water partition coefficient (Wildman–Crippen LogP) is 2.59. The van der Waals surface area contributed by atoms with E-state index in [1.165, 1.54) is 41.9 Å². The number of amides is 1. The molecule has 4 rings (SSSR count). The van der Waals surface area contributed by atoms with E-state index in [0.717, 1.165) is 6.26 Å². The topological polar surface area (TPSA) is 101 Å². The number of hydrogen-bond donors (Lipinski definition) is 1. The van der Waals surface area contributed by atoms with Crippen LogP contribution in [0.5, 0.6) is 0 Å². The first-order valence-corrected chi connectivity index (χ1v) is 13.4. The molecule has 2 heterocycles. The van der Waals surface area contributed by atoms with Gasteiger partial charge in [0, 0.05) is 32.0 Å². The number of sulfone groups is 1. The number of likely N-dealkylation sites (tertiary alicyclic amines) is 1. The first kappa shape index (κ1) is 26.8. The van der Waals surface area contributed by atoms with Gasteiger partial charge in [-0.3, -0.25) is 19.1 Å². The first-order valence-electron chi connectivity index (χ1n) is 11.5. The molecular weight excluding hydrogens is 509 g/mol. The Morgan fingerprint density at radius 3 is 2.49 bits per heavy atom. The number of fused-ring (bicyclic) bond motifs is 1. The van der Waals surface area contributed by atoms with Crippen molar-refractivity contribution in [3.05, 3.63) is 64.5 Å². The van der Waals surface area contributed by atoms with Gasteiger partial charge >= 0.3 is 0 Å². The minimum absolute atomic E-state index is 0.0560. The predicted molar refractivity (Wildman–Crippen MR) is 134 cm³/mol. The van der Waals surface area contributed by atoms with Crippen LogP contribution in [-0.2, 0) is 27.7 Å². The number of aromatic nitrogens is 2. The van der Waals surface area contributed by atoms with Gasteiger partial charge < -0.3 is 5.32 Å². The van der Waals surface area contributed by atoms with Crippen molar-refractivity contribution >= 4 is 26.6 Å². The van der Waals surface area contributed by atoms with E-state index in [-0.39, 0.29) is 43.5 Å². The highest BCUT2D eigenvalue weighted by Gasteiger charge is 2.44. The number of halogens is 3. The zero-order valence-corrected chi connectivity index (χ0v) is 21.4. The van der Waals surface area contributed by atoms with E-state index >= 15 is 0 Å². The molecule has 1 N–H and O–H groups in total. The molecule has 0 saturated carbocycles. The van der Waals surface area contributed by atoms with Gasteiger partial charge in [0.1, 0.15) is 10.6 Å². The fourth-order valence-corrected chi connectivity index (χ4v) is 5.32. The van der Waals surface area contributed by atoms with Crippen molar-refractivity contribution < 1.29 is 26.4 Å². The van der Waals surface area contributed by atoms with Crippen LogP contribution in [0.3, 0.4) is 0 Å². The van der Waals surface area contributed by atoms with E-state index in [1.54, 1.807) is 24.3 Å².